The minimum Gasteiger partial charge on any atom is -0.381 e. The number of rotatable bonds is 5. The first kappa shape index (κ1) is 14.5. The number of nitrogens with one attached hydrogen (secondary N) is 1. The maximum Gasteiger partial charge on any atom is 0.273 e. The summed E-state index contributed by atoms with van der Waals surface area (Å²) in [5.74, 6) is 0.170. The van der Waals surface area contributed by atoms with Crippen LogP contribution in [0.5, 0.6) is 0 Å². The zero-order chi connectivity index (χ0) is 14.8. The summed E-state index contributed by atoms with van der Waals surface area (Å²) in [6.07, 6.45) is 1.67. The van der Waals surface area contributed by atoms with Gasteiger partial charge in [-0.05, 0) is 6.92 Å². The molecule has 1 saturated heterocycles. The second-order valence-corrected chi connectivity index (χ2v) is 6.90. The molecule has 0 bridgehead atoms. The van der Waals surface area contributed by atoms with Gasteiger partial charge in [0.05, 0.1) is 32.0 Å². The Labute approximate surface area is 127 Å². The van der Waals surface area contributed by atoms with E-state index in [1.54, 1.807) is 10.9 Å². The molecule has 21 heavy (non-hydrogen) atoms. The van der Waals surface area contributed by atoms with Crippen molar-refractivity contribution in [3.63, 3.8) is 0 Å². The predicted octanol–water partition coefficient (Wildman–Crippen LogP) is -0.233. The van der Waals surface area contributed by atoms with Gasteiger partial charge in [-0.1, -0.05) is 25.8 Å². The highest BCUT2D eigenvalue weighted by Gasteiger charge is 2.27. The van der Waals surface area contributed by atoms with Crippen molar-refractivity contribution in [3.05, 3.63) is 16.9 Å². The van der Waals surface area contributed by atoms with E-state index in [2.05, 4.69) is 35.1 Å². The second kappa shape index (κ2) is 6.13. The minimum absolute atomic E-state index is 0.177. The number of carbonyl (C=O) groups excluding carboxylic acids is 1. The lowest BCUT2D eigenvalue weighted by atomic mass is 10.0. The van der Waals surface area contributed by atoms with Crippen molar-refractivity contribution in [3.8, 4) is 0 Å². The van der Waals surface area contributed by atoms with Crippen LogP contribution in [0.1, 0.15) is 28.5 Å². The van der Waals surface area contributed by atoms with Crippen LogP contribution in [0.4, 0.5) is 0 Å². The first-order valence-electron chi connectivity index (χ1n) is 6.49. The van der Waals surface area contributed by atoms with Crippen molar-refractivity contribution in [2.75, 3.05) is 13.2 Å². The number of hydrogen-bond acceptors (Lipinski definition) is 7. The normalized spacial score (nSPS) is 16.5. The molecule has 1 unspecified atom stereocenters. The minimum atomic E-state index is -0.265. The molecule has 1 amide bonds. The van der Waals surface area contributed by atoms with Crippen LogP contribution in [0.2, 0.25) is 0 Å². The highest BCUT2D eigenvalue weighted by atomic mass is 32.1. The van der Waals surface area contributed by atoms with Crippen molar-refractivity contribution in [1.82, 2.24) is 30.5 Å². The molecule has 0 radical (unpaired) electrons. The Bertz CT molecular complexity index is 640. The van der Waals surface area contributed by atoms with Crippen molar-refractivity contribution < 1.29 is 9.53 Å². The Morgan fingerprint density at radius 1 is 1.57 bits per heavy atom. The van der Waals surface area contributed by atoms with Crippen LogP contribution in [-0.4, -0.2) is 44.3 Å². The Kier molecular flexibility index (Phi) is 4.23. The van der Waals surface area contributed by atoms with Crippen LogP contribution in [0.25, 0.3) is 0 Å². The van der Waals surface area contributed by atoms with E-state index in [4.69, 9.17) is 4.74 Å². The van der Waals surface area contributed by atoms with E-state index >= 15 is 0 Å². The van der Waals surface area contributed by atoms with Crippen LogP contribution in [-0.2, 0) is 11.3 Å². The largest absolute Gasteiger partial charge is 0.381 e. The molecule has 112 valence electrons. The lowest BCUT2D eigenvalue weighted by Gasteiger charge is -2.31. The van der Waals surface area contributed by atoms with Crippen LogP contribution in [0, 0.1) is 5.92 Å². The Hall–Kier alpha value is -1.44. The molecule has 2 aromatic rings. The van der Waals surface area contributed by atoms with E-state index in [1.165, 1.54) is 11.3 Å². The standard InChI is InChI=1S/C11H15N6O2PS/c1-6(7-4-19-5-7)17-3-8(13-16-17)10(18)12-2-9-14-15-11(20)21-9/h3,6-7H,2,4-5,20H2,1H3,(H,12,18)/t6-/m1/s1. The Morgan fingerprint density at radius 3 is 3.00 bits per heavy atom. The van der Waals surface area contributed by atoms with E-state index in [0.717, 1.165) is 23.0 Å². The summed E-state index contributed by atoms with van der Waals surface area (Å²) in [7, 11) is 2.48. The summed E-state index contributed by atoms with van der Waals surface area (Å²) in [5.41, 5.74) is 0.303. The maximum atomic E-state index is 12.0. The lowest BCUT2D eigenvalue weighted by molar-refractivity contribution is -0.0558. The van der Waals surface area contributed by atoms with Crippen LogP contribution >= 0.6 is 20.6 Å². The average Bonchev–Trinajstić information content (AvgIpc) is 3.02. The Balaban J connectivity index is 1.58. The molecular weight excluding hydrogens is 311 g/mol. The average molecular weight is 326 g/mol. The fourth-order valence-electron chi connectivity index (χ4n) is 1.91. The Morgan fingerprint density at radius 2 is 2.38 bits per heavy atom. The van der Waals surface area contributed by atoms with Crippen LogP contribution in [0.3, 0.4) is 0 Å². The predicted molar refractivity (Wildman–Crippen MR) is 79.5 cm³/mol. The smallest absolute Gasteiger partial charge is 0.273 e. The van der Waals surface area contributed by atoms with Gasteiger partial charge in [0.2, 0.25) is 0 Å². The van der Waals surface area contributed by atoms with Gasteiger partial charge < -0.3 is 10.1 Å². The molecule has 1 N–H and O–H groups in total. The summed E-state index contributed by atoms with van der Waals surface area (Å²) in [6.45, 7) is 3.85. The van der Waals surface area contributed by atoms with Crippen LogP contribution in [0.15, 0.2) is 6.20 Å². The van der Waals surface area contributed by atoms with E-state index in [9.17, 15) is 4.79 Å². The monoisotopic (exact) mass is 326 g/mol. The first-order valence-corrected chi connectivity index (χ1v) is 7.88. The molecule has 1 fully saturated rings. The molecule has 2 aromatic heterocycles. The second-order valence-electron chi connectivity index (χ2n) is 4.84. The molecule has 1 aliphatic heterocycles. The molecule has 1 aliphatic rings. The zero-order valence-electron chi connectivity index (χ0n) is 11.4. The van der Waals surface area contributed by atoms with Crippen LogP contribution < -0.4 is 10.1 Å². The van der Waals surface area contributed by atoms with Gasteiger partial charge in [0.25, 0.3) is 5.91 Å². The number of nitrogens with zero attached hydrogens (tertiary/aromatic N) is 5. The molecule has 3 heterocycles. The van der Waals surface area contributed by atoms with Gasteiger partial charge in [0.15, 0.2) is 5.69 Å². The molecule has 0 aromatic carbocycles. The molecule has 2 atom stereocenters. The van der Waals surface area contributed by atoms with Crippen molar-refractivity contribution >= 4 is 31.2 Å². The zero-order valence-corrected chi connectivity index (χ0v) is 13.4. The van der Waals surface area contributed by atoms with Gasteiger partial charge in [0, 0.05) is 5.92 Å². The van der Waals surface area contributed by atoms with Gasteiger partial charge in [-0.25, -0.2) is 4.68 Å². The number of ether oxygens (including phenoxy) is 1. The molecule has 3 rings (SSSR count). The fourth-order valence-corrected chi connectivity index (χ4v) is 2.93. The molecule has 0 saturated carbocycles. The highest BCUT2D eigenvalue weighted by molar-refractivity contribution is 7.42. The van der Waals surface area contributed by atoms with E-state index < -0.39 is 0 Å². The molecular formula is C11H15N6O2PS. The number of carbonyl (C=O) groups is 1. The van der Waals surface area contributed by atoms with E-state index in [1.807, 2.05) is 6.92 Å². The van der Waals surface area contributed by atoms with E-state index in [0.29, 0.717) is 18.2 Å². The van der Waals surface area contributed by atoms with Gasteiger partial charge >= 0.3 is 0 Å². The van der Waals surface area contributed by atoms with Gasteiger partial charge in [0.1, 0.15) is 9.76 Å². The molecule has 0 aliphatic carbocycles. The fraction of sp³-hybridized carbons (Fsp3) is 0.545. The lowest BCUT2D eigenvalue weighted by Crippen LogP contribution is -2.34. The topological polar surface area (TPSA) is 94.8 Å². The molecule has 8 nitrogen and oxygen atoms in total. The number of aromatic nitrogens is 5. The maximum absolute atomic E-state index is 12.0. The summed E-state index contributed by atoms with van der Waals surface area (Å²) in [4.78, 5) is 12.0. The number of amides is 1. The quantitative estimate of drug-likeness (QED) is 0.763. The highest BCUT2D eigenvalue weighted by Crippen LogP contribution is 2.23. The molecule has 10 heteroatoms. The van der Waals surface area contributed by atoms with Crippen molar-refractivity contribution in [1.29, 1.82) is 0 Å². The van der Waals surface area contributed by atoms with Gasteiger partial charge in [-0.3, -0.25) is 4.79 Å². The molecule has 0 spiro atoms. The third kappa shape index (κ3) is 3.25. The van der Waals surface area contributed by atoms with Crippen molar-refractivity contribution in [2.24, 2.45) is 5.92 Å². The SMILES string of the molecule is C[C@H](C1COC1)n1cc(C(=O)NCc2nnc(P)s2)nn1. The summed E-state index contributed by atoms with van der Waals surface area (Å²) in [6, 6.07) is 0.177. The first-order chi connectivity index (χ1) is 10.1. The third-order valence-corrected chi connectivity index (χ3v) is 4.61. The van der Waals surface area contributed by atoms with Crippen molar-refractivity contribution in [2.45, 2.75) is 19.5 Å². The summed E-state index contributed by atoms with van der Waals surface area (Å²) >= 11 is 1.42. The van der Waals surface area contributed by atoms with E-state index in [-0.39, 0.29) is 11.9 Å². The summed E-state index contributed by atoms with van der Waals surface area (Å²) in [5, 5.41) is 19.2. The number of hydrogen-bond donors (Lipinski definition) is 1. The summed E-state index contributed by atoms with van der Waals surface area (Å²) < 4.78 is 7.68. The van der Waals surface area contributed by atoms with Gasteiger partial charge in [-0.2, -0.15) is 0 Å². The van der Waals surface area contributed by atoms with Gasteiger partial charge in [-0.15, -0.1) is 15.3 Å². The third-order valence-electron chi connectivity index (χ3n) is 3.39.